The second-order valence-electron chi connectivity index (χ2n) is 5.17. The van der Waals surface area contributed by atoms with E-state index in [9.17, 15) is 9.59 Å². The summed E-state index contributed by atoms with van der Waals surface area (Å²) >= 11 is 0. The summed E-state index contributed by atoms with van der Waals surface area (Å²) in [6, 6.07) is 1.86. The lowest BCUT2D eigenvalue weighted by molar-refractivity contribution is 0.0937. The molecule has 20 heavy (non-hydrogen) atoms. The normalized spacial score (nSPS) is 15.1. The Morgan fingerprint density at radius 1 is 1.20 bits per heavy atom. The van der Waals surface area contributed by atoms with Gasteiger partial charge < -0.3 is 10.6 Å². The van der Waals surface area contributed by atoms with E-state index in [1.54, 1.807) is 6.07 Å². The molecule has 0 aromatic carbocycles. The minimum Gasteiger partial charge on any atom is -0.352 e. The molecule has 1 aliphatic carbocycles. The monoisotopic (exact) mass is 275 g/mol. The summed E-state index contributed by atoms with van der Waals surface area (Å²) in [5.74, 6) is -0.329. The average Bonchev–Trinajstić information content (AvgIpc) is 2.97. The van der Waals surface area contributed by atoms with Crippen molar-refractivity contribution in [1.29, 1.82) is 0 Å². The van der Waals surface area contributed by atoms with Crippen LogP contribution in [0.4, 0.5) is 0 Å². The van der Waals surface area contributed by atoms with E-state index in [1.165, 1.54) is 25.2 Å². The Kier molecular flexibility index (Phi) is 5.09. The molecule has 2 rings (SSSR count). The number of aromatic nitrogens is 1. The van der Waals surface area contributed by atoms with Gasteiger partial charge in [0.25, 0.3) is 11.8 Å². The van der Waals surface area contributed by atoms with Crippen molar-refractivity contribution in [2.45, 2.75) is 45.1 Å². The quantitative estimate of drug-likeness (QED) is 0.862. The van der Waals surface area contributed by atoms with Crippen molar-refractivity contribution < 1.29 is 9.59 Å². The van der Waals surface area contributed by atoms with Crippen molar-refractivity contribution >= 4 is 11.8 Å². The molecule has 0 atom stereocenters. The van der Waals surface area contributed by atoms with Crippen molar-refractivity contribution in [3.63, 3.8) is 0 Å². The van der Waals surface area contributed by atoms with Crippen molar-refractivity contribution in [2.24, 2.45) is 0 Å². The third-order valence-electron chi connectivity index (χ3n) is 3.49. The van der Waals surface area contributed by atoms with Gasteiger partial charge in [-0.2, -0.15) is 0 Å². The van der Waals surface area contributed by atoms with E-state index in [2.05, 4.69) is 15.6 Å². The van der Waals surface area contributed by atoms with Crippen LogP contribution in [0.5, 0.6) is 0 Å². The zero-order valence-corrected chi connectivity index (χ0v) is 11.8. The number of hydrogen-bond donors (Lipinski definition) is 2. The molecule has 5 heteroatoms. The lowest BCUT2D eigenvalue weighted by Crippen LogP contribution is -2.33. The fourth-order valence-corrected chi connectivity index (χ4v) is 2.37. The standard InChI is InChI=1S/C15H21N3O2/c1-2-7-17-14(19)11-8-12(10-16-9-11)15(20)18-13-5-3-4-6-13/h8-10,13H,2-7H2,1H3,(H,17,19)(H,18,20). The van der Waals surface area contributed by atoms with Gasteiger partial charge in [0.15, 0.2) is 0 Å². The molecule has 1 aliphatic rings. The largest absolute Gasteiger partial charge is 0.352 e. The van der Waals surface area contributed by atoms with Crippen molar-refractivity contribution in [1.82, 2.24) is 15.6 Å². The summed E-state index contributed by atoms with van der Waals surface area (Å²) in [4.78, 5) is 27.9. The number of hydrogen-bond acceptors (Lipinski definition) is 3. The first kappa shape index (κ1) is 14.5. The molecule has 1 fully saturated rings. The highest BCUT2D eigenvalue weighted by Gasteiger charge is 2.18. The Labute approximate surface area is 119 Å². The van der Waals surface area contributed by atoms with Gasteiger partial charge in [-0.15, -0.1) is 0 Å². The SMILES string of the molecule is CCCNC(=O)c1cncc(C(=O)NC2CCCC2)c1. The summed E-state index contributed by atoms with van der Waals surface area (Å²) in [5.41, 5.74) is 0.874. The Hall–Kier alpha value is -1.91. The van der Waals surface area contributed by atoms with Crippen LogP contribution in [0.25, 0.3) is 0 Å². The number of amides is 2. The highest BCUT2D eigenvalue weighted by molar-refractivity contribution is 5.99. The summed E-state index contributed by atoms with van der Waals surface area (Å²) in [5, 5.41) is 5.77. The molecule has 0 spiro atoms. The van der Waals surface area contributed by atoms with E-state index in [4.69, 9.17) is 0 Å². The Balaban J connectivity index is 2.00. The second-order valence-corrected chi connectivity index (χ2v) is 5.17. The number of carbonyl (C=O) groups excluding carboxylic acids is 2. The molecule has 1 aromatic heterocycles. The molecule has 1 heterocycles. The highest BCUT2D eigenvalue weighted by atomic mass is 16.2. The van der Waals surface area contributed by atoms with Crippen LogP contribution in [-0.2, 0) is 0 Å². The van der Waals surface area contributed by atoms with E-state index >= 15 is 0 Å². The zero-order chi connectivity index (χ0) is 14.4. The van der Waals surface area contributed by atoms with Gasteiger partial charge in [-0.1, -0.05) is 19.8 Å². The molecule has 0 bridgehead atoms. The van der Waals surface area contributed by atoms with Gasteiger partial charge in [0.05, 0.1) is 11.1 Å². The minimum absolute atomic E-state index is 0.144. The van der Waals surface area contributed by atoms with Gasteiger partial charge in [0, 0.05) is 25.0 Å². The minimum atomic E-state index is -0.185. The molecule has 2 N–H and O–H groups in total. The molecule has 0 radical (unpaired) electrons. The van der Waals surface area contributed by atoms with E-state index in [0.717, 1.165) is 19.3 Å². The first-order valence-corrected chi connectivity index (χ1v) is 7.25. The molecule has 1 aromatic rings. The van der Waals surface area contributed by atoms with Crippen LogP contribution in [0, 0.1) is 0 Å². The molecule has 0 saturated heterocycles. The average molecular weight is 275 g/mol. The maximum Gasteiger partial charge on any atom is 0.253 e. The first-order valence-electron chi connectivity index (χ1n) is 7.25. The zero-order valence-electron chi connectivity index (χ0n) is 11.8. The summed E-state index contributed by atoms with van der Waals surface area (Å²) < 4.78 is 0. The van der Waals surface area contributed by atoms with Gasteiger partial charge in [0.2, 0.25) is 0 Å². The molecule has 108 valence electrons. The van der Waals surface area contributed by atoms with Crippen LogP contribution >= 0.6 is 0 Å². The van der Waals surface area contributed by atoms with E-state index < -0.39 is 0 Å². The molecule has 2 amide bonds. The lowest BCUT2D eigenvalue weighted by Gasteiger charge is -2.12. The van der Waals surface area contributed by atoms with Crippen LogP contribution < -0.4 is 10.6 Å². The molecular formula is C15H21N3O2. The Morgan fingerprint density at radius 2 is 1.85 bits per heavy atom. The number of pyridine rings is 1. The molecule has 1 saturated carbocycles. The maximum absolute atomic E-state index is 12.1. The van der Waals surface area contributed by atoms with Gasteiger partial charge in [-0.05, 0) is 25.3 Å². The van der Waals surface area contributed by atoms with Crippen LogP contribution in [0.2, 0.25) is 0 Å². The number of carbonyl (C=O) groups is 2. The third kappa shape index (κ3) is 3.79. The van der Waals surface area contributed by atoms with Gasteiger partial charge in [-0.3, -0.25) is 14.6 Å². The number of rotatable bonds is 5. The van der Waals surface area contributed by atoms with E-state index in [1.807, 2.05) is 6.92 Å². The first-order chi connectivity index (χ1) is 9.70. The fourth-order valence-electron chi connectivity index (χ4n) is 2.37. The van der Waals surface area contributed by atoms with Gasteiger partial charge in [-0.25, -0.2) is 0 Å². The van der Waals surface area contributed by atoms with Crippen LogP contribution in [0.15, 0.2) is 18.5 Å². The second kappa shape index (κ2) is 7.03. The predicted molar refractivity (Wildman–Crippen MR) is 76.6 cm³/mol. The molecule has 5 nitrogen and oxygen atoms in total. The fraction of sp³-hybridized carbons (Fsp3) is 0.533. The predicted octanol–water partition coefficient (Wildman–Crippen LogP) is 1.89. The highest BCUT2D eigenvalue weighted by Crippen LogP contribution is 2.18. The van der Waals surface area contributed by atoms with E-state index in [-0.39, 0.29) is 17.9 Å². The summed E-state index contributed by atoms with van der Waals surface area (Å²) in [6.45, 7) is 2.61. The van der Waals surface area contributed by atoms with Crippen molar-refractivity contribution in [2.75, 3.05) is 6.54 Å². The topological polar surface area (TPSA) is 71.1 Å². The van der Waals surface area contributed by atoms with Gasteiger partial charge in [0.1, 0.15) is 0 Å². The Bertz CT molecular complexity index is 482. The summed E-state index contributed by atoms with van der Waals surface area (Å²) in [6.07, 6.45) is 8.27. The molecule has 0 aliphatic heterocycles. The number of nitrogens with one attached hydrogen (secondary N) is 2. The van der Waals surface area contributed by atoms with Crippen LogP contribution in [0.3, 0.4) is 0 Å². The summed E-state index contributed by atoms with van der Waals surface area (Å²) in [7, 11) is 0. The smallest absolute Gasteiger partial charge is 0.253 e. The van der Waals surface area contributed by atoms with Crippen LogP contribution in [-0.4, -0.2) is 29.4 Å². The van der Waals surface area contributed by atoms with E-state index in [0.29, 0.717) is 17.7 Å². The number of nitrogens with zero attached hydrogens (tertiary/aromatic N) is 1. The lowest BCUT2D eigenvalue weighted by atomic mass is 10.1. The maximum atomic E-state index is 12.1. The Morgan fingerprint density at radius 3 is 2.50 bits per heavy atom. The van der Waals surface area contributed by atoms with Crippen molar-refractivity contribution in [3.05, 3.63) is 29.6 Å². The van der Waals surface area contributed by atoms with Crippen LogP contribution in [0.1, 0.15) is 59.7 Å². The van der Waals surface area contributed by atoms with Gasteiger partial charge >= 0.3 is 0 Å². The molecular weight excluding hydrogens is 254 g/mol. The molecule has 0 unspecified atom stereocenters. The third-order valence-corrected chi connectivity index (χ3v) is 3.49. The van der Waals surface area contributed by atoms with Crippen molar-refractivity contribution in [3.8, 4) is 0 Å².